The summed E-state index contributed by atoms with van der Waals surface area (Å²) in [6.45, 7) is 5.02. The van der Waals surface area contributed by atoms with Gasteiger partial charge >= 0.3 is 5.97 Å². The van der Waals surface area contributed by atoms with Crippen LogP contribution in [0.5, 0.6) is 0 Å². The van der Waals surface area contributed by atoms with Crippen molar-refractivity contribution in [2.75, 3.05) is 19.8 Å². The molecule has 0 aromatic heterocycles. The Hall–Kier alpha value is -0.650. The molecule has 1 rings (SSSR count). The Kier molecular flexibility index (Phi) is 3.70. The van der Waals surface area contributed by atoms with E-state index < -0.39 is 17.1 Å². The van der Waals surface area contributed by atoms with Crippen molar-refractivity contribution in [3.63, 3.8) is 0 Å². The van der Waals surface area contributed by atoms with E-state index in [9.17, 15) is 4.79 Å². The average Bonchev–Trinajstić information content (AvgIpc) is 2.14. The summed E-state index contributed by atoms with van der Waals surface area (Å²) < 4.78 is 10.8. The van der Waals surface area contributed by atoms with Gasteiger partial charge < -0.3 is 20.3 Å². The lowest BCUT2D eigenvalue weighted by Crippen LogP contribution is -2.53. The Morgan fingerprint density at radius 1 is 1.33 bits per heavy atom. The zero-order chi connectivity index (χ0) is 11.5. The van der Waals surface area contributed by atoms with E-state index in [0.717, 1.165) is 0 Å². The highest BCUT2D eigenvalue weighted by Gasteiger charge is 2.40. The van der Waals surface area contributed by atoms with Crippen LogP contribution in [-0.4, -0.2) is 42.0 Å². The number of ether oxygens (including phenoxy) is 2. The van der Waals surface area contributed by atoms with Gasteiger partial charge in [0.15, 0.2) is 0 Å². The standard InChI is InChI=1S/C10H19NO4/c1-9(2)7-10(11,8(12)13)3-4-14-5-6-15-9/h3-7,11H2,1-2H3,(H,12,13). The predicted octanol–water partition coefficient (Wildman–Crippen LogP) is 0.374. The molecule has 1 unspecified atom stereocenters. The van der Waals surface area contributed by atoms with Gasteiger partial charge in [-0.3, -0.25) is 4.79 Å². The van der Waals surface area contributed by atoms with Gasteiger partial charge in [0.05, 0.1) is 18.8 Å². The largest absolute Gasteiger partial charge is 0.480 e. The Morgan fingerprint density at radius 3 is 2.60 bits per heavy atom. The average molecular weight is 217 g/mol. The number of rotatable bonds is 1. The van der Waals surface area contributed by atoms with Crippen LogP contribution in [0, 0.1) is 0 Å². The van der Waals surface area contributed by atoms with E-state index in [1.807, 2.05) is 13.8 Å². The second-order valence-electron chi connectivity index (χ2n) is 4.61. The maximum Gasteiger partial charge on any atom is 0.323 e. The van der Waals surface area contributed by atoms with Crippen LogP contribution in [0.15, 0.2) is 0 Å². The molecule has 0 spiro atoms. The van der Waals surface area contributed by atoms with Crippen molar-refractivity contribution in [2.24, 2.45) is 5.73 Å². The molecule has 1 fully saturated rings. The SMILES string of the molecule is CC1(C)CC(N)(C(=O)O)CCOCCO1. The fraction of sp³-hybridized carbons (Fsp3) is 0.900. The van der Waals surface area contributed by atoms with Crippen molar-refractivity contribution in [3.8, 4) is 0 Å². The summed E-state index contributed by atoms with van der Waals surface area (Å²) in [5.74, 6) is -0.996. The number of carbonyl (C=O) groups is 1. The van der Waals surface area contributed by atoms with Crippen molar-refractivity contribution in [1.82, 2.24) is 0 Å². The van der Waals surface area contributed by atoms with E-state index in [4.69, 9.17) is 20.3 Å². The Labute approximate surface area is 89.5 Å². The van der Waals surface area contributed by atoms with Gasteiger partial charge in [-0.2, -0.15) is 0 Å². The quantitative estimate of drug-likeness (QED) is 0.663. The zero-order valence-corrected chi connectivity index (χ0v) is 9.28. The highest BCUT2D eigenvalue weighted by molar-refractivity contribution is 5.78. The van der Waals surface area contributed by atoms with Crippen LogP contribution >= 0.6 is 0 Å². The van der Waals surface area contributed by atoms with Crippen LogP contribution in [0.4, 0.5) is 0 Å². The monoisotopic (exact) mass is 217 g/mol. The van der Waals surface area contributed by atoms with E-state index in [0.29, 0.717) is 32.7 Å². The van der Waals surface area contributed by atoms with Crippen molar-refractivity contribution < 1.29 is 19.4 Å². The van der Waals surface area contributed by atoms with E-state index in [1.165, 1.54) is 0 Å². The molecule has 0 aliphatic carbocycles. The normalized spacial score (nSPS) is 32.5. The van der Waals surface area contributed by atoms with Crippen LogP contribution in [0.25, 0.3) is 0 Å². The summed E-state index contributed by atoms with van der Waals surface area (Å²) in [5, 5.41) is 9.10. The van der Waals surface area contributed by atoms with Gasteiger partial charge in [0.2, 0.25) is 0 Å². The lowest BCUT2D eigenvalue weighted by Gasteiger charge is -2.33. The van der Waals surface area contributed by atoms with E-state index in [1.54, 1.807) is 0 Å². The molecule has 1 heterocycles. The first kappa shape index (κ1) is 12.4. The summed E-state index contributed by atoms with van der Waals surface area (Å²) in [6, 6.07) is 0. The summed E-state index contributed by atoms with van der Waals surface area (Å²) in [4.78, 5) is 11.1. The molecule has 1 atom stereocenters. The highest BCUT2D eigenvalue weighted by Crippen LogP contribution is 2.26. The number of nitrogens with two attached hydrogens (primary N) is 1. The van der Waals surface area contributed by atoms with Gasteiger partial charge in [0, 0.05) is 13.0 Å². The molecular weight excluding hydrogens is 198 g/mol. The topological polar surface area (TPSA) is 81.8 Å². The molecule has 3 N–H and O–H groups in total. The van der Waals surface area contributed by atoms with E-state index >= 15 is 0 Å². The van der Waals surface area contributed by atoms with Gasteiger partial charge in [-0.15, -0.1) is 0 Å². The lowest BCUT2D eigenvalue weighted by atomic mass is 9.84. The molecule has 88 valence electrons. The molecule has 0 amide bonds. The van der Waals surface area contributed by atoms with Gasteiger partial charge in [0.25, 0.3) is 0 Å². The second kappa shape index (κ2) is 4.47. The first-order valence-corrected chi connectivity index (χ1v) is 5.10. The van der Waals surface area contributed by atoms with E-state index in [2.05, 4.69) is 0 Å². The van der Waals surface area contributed by atoms with Gasteiger partial charge in [-0.25, -0.2) is 0 Å². The number of carboxylic acid groups (broad SMARTS) is 1. The van der Waals surface area contributed by atoms with Gasteiger partial charge in [-0.05, 0) is 20.3 Å². The third kappa shape index (κ3) is 3.44. The molecule has 15 heavy (non-hydrogen) atoms. The third-order valence-corrected chi connectivity index (χ3v) is 2.58. The molecule has 0 radical (unpaired) electrons. The van der Waals surface area contributed by atoms with Crippen LogP contribution in [0.1, 0.15) is 26.7 Å². The Balaban J connectivity index is 2.80. The lowest BCUT2D eigenvalue weighted by molar-refractivity contribution is -0.147. The van der Waals surface area contributed by atoms with Crippen LogP contribution in [0.3, 0.4) is 0 Å². The third-order valence-electron chi connectivity index (χ3n) is 2.58. The van der Waals surface area contributed by atoms with Crippen molar-refractivity contribution in [3.05, 3.63) is 0 Å². The van der Waals surface area contributed by atoms with Gasteiger partial charge in [0.1, 0.15) is 5.54 Å². The first-order valence-electron chi connectivity index (χ1n) is 5.10. The predicted molar refractivity (Wildman–Crippen MR) is 54.6 cm³/mol. The first-order chi connectivity index (χ1) is 6.86. The number of hydrogen-bond acceptors (Lipinski definition) is 4. The Morgan fingerprint density at radius 2 is 2.00 bits per heavy atom. The van der Waals surface area contributed by atoms with Gasteiger partial charge in [-0.1, -0.05) is 0 Å². The van der Waals surface area contributed by atoms with Crippen LogP contribution in [-0.2, 0) is 14.3 Å². The molecule has 0 bridgehead atoms. The van der Waals surface area contributed by atoms with E-state index in [-0.39, 0.29) is 0 Å². The fourth-order valence-electron chi connectivity index (χ4n) is 1.81. The summed E-state index contributed by atoms with van der Waals surface area (Å²) in [5.41, 5.74) is 4.07. The number of hydrogen-bond donors (Lipinski definition) is 2. The minimum atomic E-state index is -1.26. The zero-order valence-electron chi connectivity index (χ0n) is 9.28. The molecule has 1 saturated heterocycles. The Bertz CT molecular complexity index is 242. The molecule has 1 aliphatic heterocycles. The minimum Gasteiger partial charge on any atom is -0.480 e. The van der Waals surface area contributed by atoms with Crippen LogP contribution in [0.2, 0.25) is 0 Å². The van der Waals surface area contributed by atoms with Crippen LogP contribution < -0.4 is 5.73 Å². The number of aliphatic carboxylic acids is 1. The number of carboxylic acids is 1. The molecule has 0 aromatic rings. The molecule has 5 heteroatoms. The van der Waals surface area contributed by atoms with Crippen molar-refractivity contribution in [1.29, 1.82) is 0 Å². The molecular formula is C10H19NO4. The maximum atomic E-state index is 11.1. The molecule has 0 saturated carbocycles. The highest BCUT2D eigenvalue weighted by atomic mass is 16.5. The fourth-order valence-corrected chi connectivity index (χ4v) is 1.81. The minimum absolute atomic E-state index is 0.290. The van der Waals surface area contributed by atoms with Crippen molar-refractivity contribution in [2.45, 2.75) is 37.8 Å². The summed E-state index contributed by atoms with van der Waals surface area (Å²) in [6.07, 6.45) is 0.605. The molecule has 0 aromatic carbocycles. The maximum absolute atomic E-state index is 11.1. The summed E-state index contributed by atoms with van der Waals surface area (Å²) in [7, 11) is 0. The second-order valence-corrected chi connectivity index (χ2v) is 4.61. The summed E-state index contributed by atoms with van der Waals surface area (Å²) >= 11 is 0. The smallest absolute Gasteiger partial charge is 0.323 e. The van der Waals surface area contributed by atoms with Crippen molar-refractivity contribution >= 4 is 5.97 Å². The molecule has 5 nitrogen and oxygen atoms in total. The molecule has 1 aliphatic rings.